The number of anilines is 2. The molecule has 6 nitrogen and oxygen atoms in total. The van der Waals surface area contributed by atoms with Gasteiger partial charge in [0.25, 0.3) is 0 Å². The maximum Gasteiger partial charge on any atom is 0.229 e. The molecule has 0 saturated carbocycles. The van der Waals surface area contributed by atoms with Crippen LogP contribution in [0, 0.1) is 0 Å². The molecule has 19 heavy (non-hydrogen) atoms. The van der Waals surface area contributed by atoms with E-state index in [-0.39, 0.29) is 6.04 Å². The molecule has 1 unspecified atom stereocenters. The third kappa shape index (κ3) is 3.72. The summed E-state index contributed by atoms with van der Waals surface area (Å²) in [5, 5.41) is 10.0. The zero-order valence-electron chi connectivity index (χ0n) is 10.7. The number of H-pyrrole nitrogens is 1. The van der Waals surface area contributed by atoms with Crippen molar-refractivity contribution >= 4 is 21.4 Å². The summed E-state index contributed by atoms with van der Waals surface area (Å²) < 4.78 is 25.1. The molecule has 0 spiro atoms. The van der Waals surface area contributed by atoms with Crippen LogP contribution in [0.3, 0.4) is 0 Å². The molecule has 0 radical (unpaired) electrons. The lowest BCUT2D eigenvalue weighted by Gasteiger charge is -2.17. The molecule has 0 saturated heterocycles. The number of aromatic amines is 1. The molecular formula is C12H16N4O2S. The van der Waals surface area contributed by atoms with Gasteiger partial charge in [0.1, 0.15) is 0 Å². The van der Waals surface area contributed by atoms with E-state index in [2.05, 4.69) is 20.2 Å². The summed E-state index contributed by atoms with van der Waals surface area (Å²) in [6, 6.07) is 9.01. The lowest BCUT2D eigenvalue weighted by atomic mass is 10.2. The van der Waals surface area contributed by atoms with Crippen molar-refractivity contribution in [1.29, 1.82) is 0 Å². The number of benzene rings is 1. The van der Waals surface area contributed by atoms with Crippen LogP contribution in [0.25, 0.3) is 0 Å². The van der Waals surface area contributed by atoms with Crippen molar-refractivity contribution in [3.8, 4) is 0 Å². The molecule has 1 aromatic carbocycles. The third-order valence-corrected chi connectivity index (χ3v) is 3.17. The van der Waals surface area contributed by atoms with Crippen LogP contribution in [0.4, 0.5) is 11.4 Å². The topological polar surface area (TPSA) is 86.9 Å². The van der Waals surface area contributed by atoms with Gasteiger partial charge in [0, 0.05) is 6.20 Å². The van der Waals surface area contributed by atoms with Crippen LogP contribution in [-0.2, 0) is 10.0 Å². The zero-order valence-corrected chi connectivity index (χ0v) is 11.5. The SMILES string of the molecule is CC(Nc1ccccc1NS(C)(=O)=O)c1ccn[nH]1. The molecule has 1 atom stereocenters. The van der Waals surface area contributed by atoms with E-state index in [0.29, 0.717) is 5.69 Å². The van der Waals surface area contributed by atoms with Gasteiger partial charge in [-0.2, -0.15) is 5.10 Å². The zero-order chi connectivity index (χ0) is 13.9. The average Bonchev–Trinajstić information content (AvgIpc) is 2.83. The van der Waals surface area contributed by atoms with E-state index in [0.717, 1.165) is 17.6 Å². The summed E-state index contributed by atoms with van der Waals surface area (Å²) in [5.41, 5.74) is 2.17. The van der Waals surface area contributed by atoms with E-state index >= 15 is 0 Å². The number of nitrogens with zero attached hydrogens (tertiary/aromatic N) is 1. The highest BCUT2D eigenvalue weighted by atomic mass is 32.2. The number of rotatable bonds is 5. The van der Waals surface area contributed by atoms with Gasteiger partial charge in [0.15, 0.2) is 0 Å². The molecule has 0 aliphatic heterocycles. The molecule has 0 aliphatic rings. The largest absolute Gasteiger partial charge is 0.375 e. The summed E-state index contributed by atoms with van der Waals surface area (Å²) in [5.74, 6) is 0. The highest BCUT2D eigenvalue weighted by molar-refractivity contribution is 7.92. The van der Waals surface area contributed by atoms with Crippen molar-refractivity contribution in [3.63, 3.8) is 0 Å². The van der Waals surface area contributed by atoms with Gasteiger partial charge in [-0.1, -0.05) is 12.1 Å². The number of hydrogen-bond acceptors (Lipinski definition) is 4. The summed E-state index contributed by atoms with van der Waals surface area (Å²) in [6.07, 6.45) is 2.80. The van der Waals surface area contributed by atoms with E-state index in [4.69, 9.17) is 0 Å². The van der Waals surface area contributed by atoms with Gasteiger partial charge in [-0.15, -0.1) is 0 Å². The Morgan fingerprint density at radius 1 is 1.21 bits per heavy atom. The van der Waals surface area contributed by atoms with Crippen molar-refractivity contribution in [3.05, 3.63) is 42.2 Å². The number of nitrogens with one attached hydrogen (secondary N) is 3. The molecule has 1 aromatic heterocycles. The lowest BCUT2D eigenvalue weighted by molar-refractivity contribution is 0.607. The Balaban J connectivity index is 2.21. The van der Waals surface area contributed by atoms with Crippen LogP contribution < -0.4 is 10.0 Å². The van der Waals surface area contributed by atoms with E-state index < -0.39 is 10.0 Å². The first-order valence-corrected chi connectivity index (χ1v) is 7.67. The van der Waals surface area contributed by atoms with Gasteiger partial charge in [0.05, 0.1) is 29.4 Å². The normalized spacial score (nSPS) is 12.9. The molecular weight excluding hydrogens is 264 g/mol. The van der Waals surface area contributed by atoms with Gasteiger partial charge in [-0.05, 0) is 25.1 Å². The van der Waals surface area contributed by atoms with Gasteiger partial charge < -0.3 is 5.32 Å². The van der Waals surface area contributed by atoms with Crippen molar-refractivity contribution < 1.29 is 8.42 Å². The van der Waals surface area contributed by atoms with Crippen LogP contribution in [0.2, 0.25) is 0 Å². The fourth-order valence-electron chi connectivity index (χ4n) is 1.72. The quantitative estimate of drug-likeness (QED) is 0.781. The van der Waals surface area contributed by atoms with Crippen LogP contribution in [0.15, 0.2) is 36.5 Å². The maximum absolute atomic E-state index is 11.3. The van der Waals surface area contributed by atoms with Gasteiger partial charge >= 0.3 is 0 Å². The molecule has 2 rings (SSSR count). The van der Waals surface area contributed by atoms with E-state index in [9.17, 15) is 8.42 Å². The number of hydrogen-bond donors (Lipinski definition) is 3. The number of para-hydroxylation sites is 2. The second kappa shape index (κ2) is 5.31. The fourth-order valence-corrected chi connectivity index (χ4v) is 2.29. The Morgan fingerprint density at radius 2 is 1.89 bits per heavy atom. The van der Waals surface area contributed by atoms with Crippen LogP contribution >= 0.6 is 0 Å². The molecule has 7 heteroatoms. The minimum absolute atomic E-state index is 0.00925. The Kier molecular flexibility index (Phi) is 3.75. The Bertz CT molecular complexity index is 638. The third-order valence-electron chi connectivity index (χ3n) is 2.58. The van der Waals surface area contributed by atoms with Crippen molar-refractivity contribution in [2.45, 2.75) is 13.0 Å². The summed E-state index contributed by atoms with van der Waals surface area (Å²) in [6.45, 7) is 1.96. The minimum Gasteiger partial charge on any atom is -0.375 e. The van der Waals surface area contributed by atoms with Crippen molar-refractivity contribution in [2.24, 2.45) is 0 Å². The van der Waals surface area contributed by atoms with Crippen LogP contribution in [0.5, 0.6) is 0 Å². The Morgan fingerprint density at radius 3 is 2.47 bits per heavy atom. The highest BCUT2D eigenvalue weighted by Gasteiger charge is 2.11. The van der Waals surface area contributed by atoms with E-state index in [1.54, 1.807) is 18.3 Å². The predicted octanol–water partition coefficient (Wildman–Crippen LogP) is 1.95. The highest BCUT2D eigenvalue weighted by Crippen LogP contribution is 2.25. The molecule has 0 fully saturated rings. The number of aromatic nitrogens is 2. The smallest absolute Gasteiger partial charge is 0.229 e. The molecule has 1 heterocycles. The number of sulfonamides is 1. The van der Waals surface area contributed by atoms with Gasteiger partial charge in [-0.3, -0.25) is 9.82 Å². The first kappa shape index (κ1) is 13.4. The van der Waals surface area contributed by atoms with Crippen molar-refractivity contribution in [2.75, 3.05) is 16.3 Å². The van der Waals surface area contributed by atoms with Gasteiger partial charge in [-0.25, -0.2) is 8.42 Å². The van der Waals surface area contributed by atoms with Crippen LogP contribution in [0.1, 0.15) is 18.7 Å². The minimum atomic E-state index is -3.30. The van der Waals surface area contributed by atoms with E-state index in [1.807, 2.05) is 25.1 Å². The summed E-state index contributed by atoms with van der Waals surface area (Å²) in [4.78, 5) is 0. The molecule has 2 aromatic rings. The first-order valence-electron chi connectivity index (χ1n) is 5.78. The lowest BCUT2D eigenvalue weighted by Crippen LogP contribution is -2.13. The fraction of sp³-hybridized carbons (Fsp3) is 0.250. The van der Waals surface area contributed by atoms with Gasteiger partial charge in [0.2, 0.25) is 10.0 Å². The molecule has 102 valence electrons. The standard InChI is InChI=1S/C12H16N4O2S/c1-9(10-7-8-13-15-10)14-11-5-3-4-6-12(11)16-19(2,17)18/h3-9,14,16H,1-2H3,(H,13,15). The monoisotopic (exact) mass is 280 g/mol. The van der Waals surface area contributed by atoms with Crippen LogP contribution in [-0.4, -0.2) is 24.9 Å². The maximum atomic E-state index is 11.3. The van der Waals surface area contributed by atoms with Crippen molar-refractivity contribution in [1.82, 2.24) is 10.2 Å². The first-order chi connectivity index (χ1) is 8.96. The molecule has 0 bridgehead atoms. The summed E-state index contributed by atoms with van der Waals surface area (Å²) in [7, 11) is -3.30. The average molecular weight is 280 g/mol. The second-order valence-electron chi connectivity index (χ2n) is 4.30. The van der Waals surface area contributed by atoms with E-state index in [1.165, 1.54) is 0 Å². The molecule has 3 N–H and O–H groups in total. The predicted molar refractivity (Wildman–Crippen MR) is 75.5 cm³/mol. The second-order valence-corrected chi connectivity index (χ2v) is 6.05. The molecule has 0 amide bonds. The summed E-state index contributed by atoms with van der Waals surface area (Å²) >= 11 is 0. The Hall–Kier alpha value is -2.02. The Labute approximate surface area is 112 Å². The molecule has 0 aliphatic carbocycles.